The Morgan fingerprint density at radius 3 is 2.40 bits per heavy atom. The van der Waals surface area contributed by atoms with Gasteiger partial charge in [-0.15, -0.1) is 0 Å². The van der Waals surface area contributed by atoms with Crippen molar-refractivity contribution in [3.05, 3.63) is 0 Å². The van der Waals surface area contributed by atoms with Crippen LogP contribution in [0.5, 0.6) is 0 Å². The number of nitrogens with two attached hydrogens (primary N) is 1. The Labute approximate surface area is 314 Å². The molecule has 7 aliphatic rings. The SMILES string of the molecule is COCCC[C@@H]1OC2CCC(OC)CC2[C@H](OCCC2CCNC(N)C2)[C@@H]1[C@@H]1COC2C(CC3CCCC(O)C3)CC(OC3CCCC3)CC2[C@H]1O. The van der Waals surface area contributed by atoms with Crippen molar-refractivity contribution in [3.8, 4) is 0 Å². The van der Waals surface area contributed by atoms with Gasteiger partial charge in [0.15, 0.2) is 0 Å². The number of nitrogens with one attached hydrogen (secondary N) is 1. The topological polar surface area (TPSA) is 134 Å². The number of fused-ring (bicyclic) bond motifs is 2. The molecule has 4 saturated carbocycles. The highest BCUT2D eigenvalue weighted by atomic mass is 16.5. The van der Waals surface area contributed by atoms with Gasteiger partial charge in [0, 0.05) is 51.1 Å². The van der Waals surface area contributed by atoms with Crippen molar-refractivity contribution in [3.63, 3.8) is 0 Å². The molecule has 4 aliphatic carbocycles. The average molecular weight is 735 g/mol. The number of methoxy groups -OCH3 is 2. The second-order valence-electron chi connectivity index (χ2n) is 18.3. The predicted molar refractivity (Wildman–Crippen MR) is 200 cm³/mol. The van der Waals surface area contributed by atoms with E-state index in [1.165, 1.54) is 19.3 Å². The molecule has 0 spiro atoms. The molecule has 0 aromatic carbocycles. The third-order valence-corrected chi connectivity index (χ3v) is 14.8. The predicted octanol–water partition coefficient (Wildman–Crippen LogP) is 5.34. The highest BCUT2D eigenvalue weighted by Crippen LogP contribution is 2.51. The van der Waals surface area contributed by atoms with E-state index in [9.17, 15) is 10.2 Å². The molecule has 0 aromatic heterocycles. The van der Waals surface area contributed by atoms with Crippen molar-refractivity contribution >= 4 is 0 Å². The molecule has 10 nitrogen and oxygen atoms in total. The van der Waals surface area contributed by atoms with Crippen LogP contribution in [0.2, 0.25) is 0 Å². The van der Waals surface area contributed by atoms with Crippen LogP contribution in [-0.4, -0.2) is 112 Å². The largest absolute Gasteiger partial charge is 0.393 e. The molecule has 7 rings (SSSR count). The number of hydrogen-bond acceptors (Lipinski definition) is 10. The monoisotopic (exact) mass is 735 g/mol. The van der Waals surface area contributed by atoms with E-state index in [1.807, 2.05) is 7.11 Å². The molecule has 10 heteroatoms. The van der Waals surface area contributed by atoms with Crippen LogP contribution in [-0.2, 0) is 28.4 Å². The molecular formula is C42H74N2O8. The Hall–Kier alpha value is -0.400. The normalized spacial score (nSPS) is 46.1. The van der Waals surface area contributed by atoms with Crippen LogP contribution in [0.3, 0.4) is 0 Å². The highest BCUT2D eigenvalue weighted by molar-refractivity contribution is 5.05. The first-order chi connectivity index (χ1) is 25.4. The van der Waals surface area contributed by atoms with Crippen LogP contribution >= 0.6 is 0 Å². The first-order valence-electron chi connectivity index (χ1n) is 21.8. The standard InChI is InChI=1S/C42H74N2O8/c1-47-17-6-11-37-39(42(33-23-31(48-2)12-13-36(33)52-37)49-18-15-26-14-16-44-38(43)21-26)35-25-50-41-28(19-27-7-5-8-29(45)20-27)22-32(24-34(41)40(35)46)51-30-9-3-4-10-30/h26-42,44-46H,3-25,43H2,1-2H3/t26?,27?,28?,29?,31?,32?,33?,34?,35-,36?,37-,38?,39+,40+,41?,42-/m0/s1. The van der Waals surface area contributed by atoms with Crippen LogP contribution in [0.15, 0.2) is 0 Å². The highest BCUT2D eigenvalue weighted by Gasteiger charge is 2.56. The minimum Gasteiger partial charge on any atom is -0.393 e. The first kappa shape index (κ1) is 39.8. The Morgan fingerprint density at radius 1 is 0.769 bits per heavy atom. The number of rotatable bonds is 14. The fraction of sp³-hybridized carbons (Fsp3) is 1.00. The summed E-state index contributed by atoms with van der Waals surface area (Å²) in [6.45, 7) is 2.89. The van der Waals surface area contributed by atoms with Crippen molar-refractivity contribution in [2.75, 3.05) is 40.6 Å². The molecule has 3 heterocycles. The van der Waals surface area contributed by atoms with Crippen LogP contribution in [0.4, 0.5) is 0 Å². The molecule has 3 saturated heterocycles. The van der Waals surface area contributed by atoms with Gasteiger partial charge in [-0.25, -0.2) is 0 Å². The van der Waals surface area contributed by atoms with Crippen LogP contribution in [0.1, 0.15) is 122 Å². The summed E-state index contributed by atoms with van der Waals surface area (Å²) < 4.78 is 39.8. The number of piperidine rings is 1. The summed E-state index contributed by atoms with van der Waals surface area (Å²) in [5.41, 5.74) is 6.29. The van der Waals surface area contributed by atoms with E-state index >= 15 is 0 Å². The zero-order chi connectivity index (χ0) is 36.0. The van der Waals surface area contributed by atoms with E-state index < -0.39 is 6.10 Å². The molecule has 0 amide bonds. The average Bonchev–Trinajstić information content (AvgIpc) is 3.65. The number of aliphatic hydroxyl groups is 2. The maximum absolute atomic E-state index is 12.8. The summed E-state index contributed by atoms with van der Waals surface area (Å²) in [5, 5.41) is 26.7. The van der Waals surface area contributed by atoms with Crippen molar-refractivity contribution < 1.29 is 38.6 Å². The Kier molecular flexibility index (Phi) is 14.7. The van der Waals surface area contributed by atoms with Crippen molar-refractivity contribution in [1.82, 2.24) is 5.32 Å². The number of aliphatic hydroxyl groups excluding tert-OH is 2. The summed E-state index contributed by atoms with van der Waals surface area (Å²) in [7, 11) is 3.61. The van der Waals surface area contributed by atoms with Gasteiger partial charge < -0.3 is 49.7 Å². The first-order valence-corrected chi connectivity index (χ1v) is 21.8. The molecular weight excluding hydrogens is 660 g/mol. The molecule has 52 heavy (non-hydrogen) atoms. The molecule has 3 aliphatic heterocycles. The summed E-state index contributed by atoms with van der Waals surface area (Å²) in [6, 6.07) is 0. The number of ether oxygens (including phenoxy) is 6. The van der Waals surface area contributed by atoms with Gasteiger partial charge in [0.2, 0.25) is 0 Å². The second kappa shape index (κ2) is 19.2. The zero-order valence-electron chi connectivity index (χ0n) is 32.5. The van der Waals surface area contributed by atoms with Crippen LogP contribution in [0, 0.1) is 41.4 Å². The van der Waals surface area contributed by atoms with Gasteiger partial charge in [-0.1, -0.05) is 25.7 Å². The van der Waals surface area contributed by atoms with Gasteiger partial charge in [-0.05, 0) is 121 Å². The van der Waals surface area contributed by atoms with Gasteiger partial charge in [-0.3, -0.25) is 0 Å². The van der Waals surface area contributed by atoms with Gasteiger partial charge in [0.05, 0.1) is 67.7 Å². The maximum atomic E-state index is 12.8. The molecule has 7 fully saturated rings. The van der Waals surface area contributed by atoms with Gasteiger partial charge in [-0.2, -0.15) is 0 Å². The Morgan fingerprint density at radius 2 is 1.62 bits per heavy atom. The number of hydrogen-bond donors (Lipinski definition) is 4. The van der Waals surface area contributed by atoms with Crippen LogP contribution in [0.25, 0.3) is 0 Å². The van der Waals surface area contributed by atoms with Crippen molar-refractivity contribution in [2.45, 2.75) is 183 Å². The quantitative estimate of drug-likeness (QED) is 0.173. The lowest BCUT2D eigenvalue weighted by atomic mass is 9.62. The van der Waals surface area contributed by atoms with Gasteiger partial charge in [0.1, 0.15) is 0 Å². The molecule has 0 radical (unpaired) electrons. The van der Waals surface area contributed by atoms with E-state index in [2.05, 4.69) is 5.32 Å². The third kappa shape index (κ3) is 9.75. The van der Waals surface area contributed by atoms with E-state index in [0.717, 1.165) is 109 Å². The fourth-order valence-electron chi connectivity index (χ4n) is 12.3. The Bertz CT molecular complexity index is 1070. The smallest absolute Gasteiger partial charge is 0.0686 e. The second-order valence-corrected chi connectivity index (χ2v) is 18.3. The minimum absolute atomic E-state index is 0.0167. The summed E-state index contributed by atoms with van der Waals surface area (Å²) in [6.07, 6.45) is 19.8. The fourth-order valence-corrected chi connectivity index (χ4v) is 12.3. The lowest BCUT2D eigenvalue weighted by molar-refractivity contribution is -0.260. The van der Waals surface area contributed by atoms with Crippen molar-refractivity contribution in [1.29, 1.82) is 0 Å². The molecule has 16 atom stereocenters. The lowest BCUT2D eigenvalue weighted by Crippen LogP contribution is -2.62. The van der Waals surface area contributed by atoms with E-state index in [4.69, 9.17) is 34.2 Å². The zero-order valence-corrected chi connectivity index (χ0v) is 32.5. The summed E-state index contributed by atoms with van der Waals surface area (Å²) in [4.78, 5) is 0. The van der Waals surface area contributed by atoms with E-state index in [-0.39, 0.29) is 72.6 Å². The summed E-state index contributed by atoms with van der Waals surface area (Å²) in [5.74, 6) is 1.58. The molecule has 0 aromatic rings. The van der Waals surface area contributed by atoms with Crippen LogP contribution < -0.4 is 11.1 Å². The summed E-state index contributed by atoms with van der Waals surface area (Å²) >= 11 is 0. The molecule has 0 bridgehead atoms. The molecule has 5 N–H and O–H groups in total. The minimum atomic E-state index is -0.515. The van der Waals surface area contributed by atoms with Gasteiger partial charge in [0.25, 0.3) is 0 Å². The van der Waals surface area contributed by atoms with E-state index in [1.54, 1.807) is 7.11 Å². The maximum Gasteiger partial charge on any atom is 0.0686 e. The van der Waals surface area contributed by atoms with Crippen molar-refractivity contribution in [2.24, 2.45) is 47.2 Å². The third-order valence-electron chi connectivity index (χ3n) is 14.8. The Balaban J connectivity index is 1.13. The van der Waals surface area contributed by atoms with Gasteiger partial charge >= 0.3 is 0 Å². The lowest BCUT2D eigenvalue weighted by Gasteiger charge is -2.56. The molecule has 300 valence electrons. The van der Waals surface area contributed by atoms with E-state index in [0.29, 0.717) is 43.7 Å². The molecule has 11 unspecified atom stereocenters.